The van der Waals surface area contributed by atoms with Crippen molar-refractivity contribution < 1.29 is 14.7 Å². The van der Waals surface area contributed by atoms with Crippen molar-refractivity contribution in [1.29, 1.82) is 0 Å². The van der Waals surface area contributed by atoms with E-state index < -0.39 is 11.9 Å². The number of amides is 1. The van der Waals surface area contributed by atoms with E-state index in [0.29, 0.717) is 18.5 Å². The van der Waals surface area contributed by atoms with Gasteiger partial charge in [0.2, 0.25) is 5.91 Å². The van der Waals surface area contributed by atoms with Crippen LogP contribution in [0.1, 0.15) is 40.5 Å². The number of carbonyl (C=O) groups is 2. The quantitative estimate of drug-likeness (QED) is 0.662. The van der Waals surface area contributed by atoms with Crippen LogP contribution >= 0.6 is 0 Å². The minimum absolute atomic E-state index is 0.00130. The molecule has 1 amide bonds. The minimum Gasteiger partial charge on any atom is -0.476 e. The molecule has 7 nitrogen and oxygen atoms in total. The van der Waals surface area contributed by atoms with Crippen molar-refractivity contribution in [1.82, 2.24) is 9.78 Å². The number of fused-ring (bicyclic) bond motifs is 1. The number of rotatable bonds is 4. The van der Waals surface area contributed by atoms with Crippen LogP contribution in [0.25, 0.3) is 0 Å². The molecule has 5 N–H and O–H groups in total. The lowest BCUT2D eigenvalue weighted by atomic mass is 9.85. The molecule has 0 aliphatic heterocycles. The van der Waals surface area contributed by atoms with Gasteiger partial charge in [0.15, 0.2) is 5.69 Å². The number of nitrogens with zero attached hydrogens (tertiary/aromatic N) is 2. The van der Waals surface area contributed by atoms with Crippen molar-refractivity contribution >= 4 is 11.9 Å². The van der Waals surface area contributed by atoms with E-state index in [2.05, 4.69) is 5.10 Å². The second kappa shape index (κ2) is 4.77. The first kappa shape index (κ1) is 12.6. The van der Waals surface area contributed by atoms with Gasteiger partial charge < -0.3 is 16.6 Å². The summed E-state index contributed by atoms with van der Waals surface area (Å²) in [6, 6.07) is 0. The van der Waals surface area contributed by atoms with Gasteiger partial charge in [0.05, 0.1) is 0 Å². The first-order valence-electron chi connectivity index (χ1n) is 5.85. The minimum atomic E-state index is -1.09. The van der Waals surface area contributed by atoms with Gasteiger partial charge in [0.1, 0.15) is 6.54 Å². The summed E-state index contributed by atoms with van der Waals surface area (Å²) in [5, 5.41) is 13.2. The summed E-state index contributed by atoms with van der Waals surface area (Å²) < 4.78 is 1.41. The fourth-order valence-electron chi connectivity index (χ4n) is 2.54. The highest BCUT2D eigenvalue weighted by atomic mass is 16.4. The second-order valence-corrected chi connectivity index (χ2v) is 4.46. The van der Waals surface area contributed by atoms with Crippen molar-refractivity contribution in [3.8, 4) is 0 Å². The lowest BCUT2D eigenvalue weighted by molar-refractivity contribution is -0.118. The highest BCUT2D eigenvalue weighted by Crippen LogP contribution is 2.33. The van der Waals surface area contributed by atoms with Gasteiger partial charge in [-0.25, -0.2) is 4.79 Å². The SMILES string of the molecule is NCC1CCCc2c1c(C(=O)O)nn2CC(N)=O. The van der Waals surface area contributed by atoms with Crippen molar-refractivity contribution in [3.63, 3.8) is 0 Å². The summed E-state index contributed by atoms with van der Waals surface area (Å²) in [5.74, 6) is -1.62. The molecule has 98 valence electrons. The summed E-state index contributed by atoms with van der Waals surface area (Å²) >= 11 is 0. The van der Waals surface area contributed by atoms with Crippen molar-refractivity contribution in [2.75, 3.05) is 6.54 Å². The van der Waals surface area contributed by atoms with E-state index in [-0.39, 0.29) is 18.2 Å². The third kappa shape index (κ3) is 2.08. The number of hydrogen-bond donors (Lipinski definition) is 3. The first-order chi connectivity index (χ1) is 8.54. The highest BCUT2D eigenvalue weighted by Gasteiger charge is 2.30. The van der Waals surface area contributed by atoms with E-state index in [1.54, 1.807) is 0 Å². The van der Waals surface area contributed by atoms with Crippen LogP contribution in [0.2, 0.25) is 0 Å². The van der Waals surface area contributed by atoms with Crippen LogP contribution in [0.15, 0.2) is 0 Å². The van der Waals surface area contributed by atoms with Crippen LogP contribution in [0.5, 0.6) is 0 Å². The number of carboxylic acids is 1. The van der Waals surface area contributed by atoms with Gasteiger partial charge in [-0.2, -0.15) is 5.10 Å². The molecule has 1 heterocycles. The third-order valence-electron chi connectivity index (χ3n) is 3.27. The molecule has 0 spiro atoms. The maximum absolute atomic E-state index is 11.2. The Hall–Kier alpha value is -1.89. The Morgan fingerprint density at radius 2 is 2.22 bits per heavy atom. The molecule has 0 bridgehead atoms. The van der Waals surface area contributed by atoms with E-state index in [1.165, 1.54) is 4.68 Å². The van der Waals surface area contributed by atoms with Crippen LogP contribution in [0, 0.1) is 0 Å². The Bertz CT molecular complexity index is 495. The molecule has 1 aromatic heterocycles. The maximum atomic E-state index is 11.2. The first-order valence-corrected chi connectivity index (χ1v) is 5.85. The van der Waals surface area contributed by atoms with Gasteiger partial charge in [-0.1, -0.05) is 0 Å². The molecular formula is C11H16N4O3. The summed E-state index contributed by atoms with van der Waals surface area (Å²) in [7, 11) is 0. The normalized spacial score (nSPS) is 18.4. The molecule has 1 aliphatic carbocycles. The molecule has 2 rings (SSSR count). The summed E-state index contributed by atoms with van der Waals surface area (Å²) in [6.07, 6.45) is 2.48. The van der Waals surface area contributed by atoms with E-state index in [0.717, 1.165) is 18.5 Å². The summed E-state index contributed by atoms with van der Waals surface area (Å²) in [4.78, 5) is 22.2. The standard InChI is InChI=1S/C11H16N4O3/c12-4-6-2-1-3-7-9(6)10(11(17)18)14-15(7)5-8(13)16/h6H,1-5,12H2,(H2,13,16)(H,17,18). The summed E-state index contributed by atoms with van der Waals surface area (Å²) in [6.45, 7) is 0.294. The monoisotopic (exact) mass is 252 g/mol. The molecule has 1 atom stereocenters. The molecule has 0 aromatic carbocycles. The molecule has 0 fully saturated rings. The molecule has 0 saturated heterocycles. The predicted octanol–water partition coefficient (Wildman–Crippen LogP) is -0.555. The van der Waals surface area contributed by atoms with Gasteiger partial charge in [-0.15, -0.1) is 0 Å². The fraction of sp³-hybridized carbons (Fsp3) is 0.545. The van der Waals surface area contributed by atoms with Crippen LogP contribution in [-0.4, -0.2) is 33.3 Å². The number of aromatic carboxylic acids is 1. The van der Waals surface area contributed by atoms with E-state index in [1.807, 2.05) is 0 Å². The average molecular weight is 252 g/mol. The largest absolute Gasteiger partial charge is 0.476 e. The average Bonchev–Trinajstić information content (AvgIpc) is 2.67. The van der Waals surface area contributed by atoms with Crippen LogP contribution in [-0.2, 0) is 17.8 Å². The van der Waals surface area contributed by atoms with Gasteiger partial charge in [-0.05, 0) is 25.8 Å². The van der Waals surface area contributed by atoms with Crippen LogP contribution in [0.3, 0.4) is 0 Å². The molecule has 1 unspecified atom stereocenters. The lowest BCUT2D eigenvalue weighted by Crippen LogP contribution is -2.23. The number of hydrogen-bond acceptors (Lipinski definition) is 4. The van der Waals surface area contributed by atoms with Gasteiger partial charge in [-0.3, -0.25) is 9.48 Å². The zero-order valence-electron chi connectivity index (χ0n) is 9.93. The molecule has 0 radical (unpaired) electrons. The van der Waals surface area contributed by atoms with Gasteiger partial charge >= 0.3 is 5.97 Å². The second-order valence-electron chi connectivity index (χ2n) is 4.46. The van der Waals surface area contributed by atoms with E-state index in [9.17, 15) is 9.59 Å². The Morgan fingerprint density at radius 1 is 1.50 bits per heavy atom. The molecular weight excluding hydrogens is 236 g/mol. The topological polar surface area (TPSA) is 124 Å². The number of carboxylic acid groups (broad SMARTS) is 1. The predicted molar refractivity (Wildman–Crippen MR) is 63.1 cm³/mol. The van der Waals surface area contributed by atoms with E-state index >= 15 is 0 Å². The van der Waals surface area contributed by atoms with Crippen molar-refractivity contribution in [3.05, 3.63) is 17.0 Å². The third-order valence-corrected chi connectivity index (χ3v) is 3.27. The maximum Gasteiger partial charge on any atom is 0.356 e. The zero-order chi connectivity index (χ0) is 13.3. The molecule has 1 aromatic rings. The molecule has 1 aliphatic rings. The number of aromatic nitrogens is 2. The number of primary amides is 1. The summed E-state index contributed by atoms with van der Waals surface area (Å²) in [5.41, 5.74) is 12.3. The molecule has 18 heavy (non-hydrogen) atoms. The van der Waals surface area contributed by atoms with Gasteiger partial charge in [0, 0.05) is 17.2 Å². The Balaban J connectivity index is 2.52. The number of carbonyl (C=O) groups excluding carboxylic acids is 1. The molecule has 7 heteroatoms. The smallest absolute Gasteiger partial charge is 0.356 e. The van der Waals surface area contributed by atoms with Crippen molar-refractivity contribution in [2.45, 2.75) is 31.7 Å². The zero-order valence-corrected chi connectivity index (χ0v) is 9.93. The molecule has 0 saturated carbocycles. The number of nitrogens with two attached hydrogens (primary N) is 2. The van der Waals surface area contributed by atoms with Gasteiger partial charge in [0.25, 0.3) is 0 Å². The Morgan fingerprint density at radius 3 is 2.78 bits per heavy atom. The van der Waals surface area contributed by atoms with Crippen LogP contribution in [0.4, 0.5) is 0 Å². The lowest BCUT2D eigenvalue weighted by Gasteiger charge is -2.22. The Labute approximate surface area is 104 Å². The Kier molecular flexibility index (Phi) is 3.33. The highest BCUT2D eigenvalue weighted by molar-refractivity contribution is 5.88. The van der Waals surface area contributed by atoms with Crippen molar-refractivity contribution in [2.24, 2.45) is 11.5 Å². The van der Waals surface area contributed by atoms with Crippen LogP contribution < -0.4 is 11.5 Å². The fourth-order valence-corrected chi connectivity index (χ4v) is 2.54. The van der Waals surface area contributed by atoms with E-state index in [4.69, 9.17) is 16.6 Å².